The van der Waals surface area contributed by atoms with Crippen molar-refractivity contribution in [2.24, 2.45) is 7.05 Å². The minimum Gasteiger partial charge on any atom is -0.383 e. The van der Waals surface area contributed by atoms with Gasteiger partial charge in [0.1, 0.15) is 17.3 Å². The van der Waals surface area contributed by atoms with Crippen molar-refractivity contribution in [2.75, 3.05) is 5.73 Å². The lowest BCUT2D eigenvalue weighted by Crippen LogP contribution is -1.96. The number of benzene rings is 1. The van der Waals surface area contributed by atoms with E-state index in [2.05, 4.69) is 20.9 Å². The van der Waals surface area contributed by atoms with Crippen LogP contribution in [0.1, 0.15) is 0 Å². The van der Waals surface area contributed by atoms with Gasteiger partial charge in [-0.3, -0.25) is 0 Å². The highest BCUT2D eigenvalue weighted by molar-refractivity contribution is 9.10. The van der Waals surface area contributed by atoms with Crippen molar-refractivity contribution in [1.29, 1.82) is 0 Å². The Kier molecular flexibility index (Phi) is 2.48. The largest absolute Gasteiger partial charge is 0.383 e. The van der Waals surface area contributed by atoms with E-state index in [1.165, 1.54) is 6.07 Å². The zero-order chi connectivity index (χ0) is 11.0. The summed E-state index contributed by atoms with van der Waals surface area (Å²) in [5, 5.41) is 0. The Labute approximate surface area is 94.9 Å². The molecule has 0 amide bonds. The molecule has 0 aliphatic heterocycles. The first kappa shape index (κ1) is 10.2. The summed E-state index contributed by atoms with van der Waals surface area (Å²) in [5.74, 6) is 0.117. The maximum Gasteiger partial charge on any atom is 0.133 e. The first-order chi connectivity index (χ1) is 7.09. The quantitative estimate of drug-likeness (QED) is 0.865. The van der Waals surface area contributed by atoms with E-state index in [-0.39, 0.29) is 5.82 Å². The second-order valence-corrected chi connectivity index (χ2v) is 4.13. The molecule has 0 spiro atoms. The Morgan fingerprint density at radius 1 is 1.47 bits per heavy atom. The van der Waals surface area contributed by atoms with Gasteiger partial charge < -0.3 is 10.3 Å². The van der Waals surface area contributed by atoms with Gasteiger partial charge in [-0.1, -0.05) is 15.9 Å². The highest BCUT2D eigenvalue weighted by atomic mass is 79.9. The van der Waals surface area contributed by atoms with Crippen LogP contribution in [-0.2, 0) is 7.05 Å². The van der Waals surface area contributed by atoms with Crippen molar-refractivity contribution >= 4 is 21.7 Å². The van der Waals surface area contributed by atoms with E-state index in [1.54, 1.807) is 30.1 Å². The van der Waals surface area contributed by atoms with Crippen molar-refractivity contribution in [1.82, 2.24) is 9.55 Å². The van der Waals surface area contributed by atoms with Crippen LogP contribution in [0.4, 0.5) is 10.2 Å². The number of imidazole rings is 1. The molecule has 0 unspecified atom stereocenters. The van der Waals surface area contributed by atoms with E-state index < -0.39 is 0 Å². The van der Waals surface area contributed by atoms with Gasteiger partial charge in [0.2, 0.25) is 0 Å². The molecule has 0 aliphatic carbocycles. The van der Waals surface area contributed by atoms with Crippen molar-refractivity contribution < 1.29 is 4.39 Å². The molecule has 5 heteroatoms. The molecule has 2 rings (SSSR count). The maximum absolute atomic E-state index is 13.6. The van der Waals surface area contributed by atoms with Gasteiger partial charge in [-0.05, 0) is 18.2 Å². The molecular formula is C10H9BrFN3. The van der Waals surface area contributed by atoms with E-state index in [4.69, 9.17) is 5.73 Å². The predicted molar refractivity (Wildman–Crippen MR) is 60.7 cm³/mol. The minimum absolute atomic E-state index is 0.338. The zero-order valence-corrected chi connectivity index (χ0v) is 9.62. The Hall–Kier alpha value is -1.36. The summed E-state index contributed by atoms with van der Waals surface area (Å²) < 4.78 is 15.9. The molecule has 0 bridgehead atoms. The van der Waals surface area contributed by atoms with Crippen LogP contribution < -0.4 is 5.73 Å². The summed E-state index contributed by atoms with van der Waals surface area (Å²) in [5.41, 5.74) is 6.65. The third-order valence-corrected chi connectivity index (χ3v) is 2.66. The number of nitrogens with zero attached hydrogens (tertiary/aromatic N) is 2. The summed E-state index contributed by atoms with van der Waals surface area (Å²) >= 11 is 3.20. The first-order valence-electron chi connectivity index (χ1n) is 4.32. The molecule has 3 nitrogen and oxygen atoms in total. The van der Waals surface area contributed by atoms with Crippen molar-refractivity contribution in [3.8, 4) is 11.3 Å². The van der Waals surface area contributed by atoms with Gasteiger partial charge in [0.25, 0.3) is 0 Å². The number of nitrogens with two attached hydrogens (primary N) is 1. The standard InChI is InChI=1S/C10H9BrFN3/c1-15-5-14-9(10(15)13)7-3-2-6(11)4-8(7)12/h2-5H,13H2,1H3. The van der Waals surface area contributed by atoms with Crippen LogP contribution in [0, 0.1) is 5.82 Å². The summed E-state index contributed by atoms with van der Waals surface area (Å²) in [7, 11) is 1.77. The monoisotopic (exact) mass is 269 g/mol. The van der Waals surface area contributed by atoms with Crippen molar-refractivity contribution in [2.45, 2.75) is 0 Å². The molecule has 2 aromatic rings. The molecule has 0 fully saturated rings. The number of rotatable bonds is 1. The lowest BCUT2D eigenvalue weighted by Gasteiger charge is -2.02. The highest BCUT2D eigenvalue weighted by Crippen LogP contribution is 2.27. The van der Waals surface area contributed by atoms with Crippen LogP contribution in [-0.4, -0.2) is 9.55 Å². The molecular weight excluding hydrogens is 261 g/mol. The van der Waals surface area contributed by atoms with E-state index in [1.807, 2.05) is 0 Å². The average Bonchev–Trinajstić information content (AvgIpc) is 2.49. The third-order valence-electron chi connectivity index (χ3n) is 2.17. The number of hydrogen-bond donors (Lipinski definition) is 1. The lowest BCUT2D eigenvalue weighted by atomic mass is 10.1. The second-order valence-electron chi connectivity index (χ2n) is 3.21. The Bertz CT molecular complexity index is 507. The molecule has 78 valence electrons. The maximum atomic E-state index is 13.6. The number of hydrogen-bond acceptors (Lipinski definition) is 2. The van der Waals surface area contributed by atoms with E-state index >= 15 is 0 Å². The molecule has 0 saturated heterocycles. The van der Waals surface area contributed by atoms with Crippen LogP contribution in [0.2, 0.25) is 0 Å². The summed E-state index contributed by atoms with van der Waals surface area (Å²) in [6.07, 6.45) is 1.56. The molecule has 1 aromatic carbocycles. The fourth-order valence-electron chi connectivity index (χ4n) is 1.33. The van der Waals surface area contributed by atoms with Gasteiger partial charge in [-0.25, -0.2) is 9.37 Å². The van der Waals surface area contributed by atoms with Crippen molar-refractivity contribution in [3.63, 3.8) is 0 Å². The van der Waals surface area contributed by atoms with Crippen molar-refractivity contribution in [3.05, 3.63) is 34.8 Å². The fourth-order valence-corrected chi connectivity index (χ4v) is 1.66. The number of aryl methyl sites for hydroxylation is 1. The van der Waals surface area contributed by atoms with Gasteiger partial charge in [0, 0.05) is 17.1 Å². The normalized spacial score (nSPS) is 10.6. The van der Waals surface area contributed by atoms with E-state index in [9.17, 15) is 4.39 Å². The summed E-state index contributed by atoms with van der Waals surface area (Å²) in [6, 6.07) is 4.80. The first-order valence-corrected chi connectivity index (χ1v) is 5.11. The van der Waals surface area contributed by atoms with Crippen LogP contribution in [0.3, 0.4) is 0 Å². The van der Waals surface area contributed by atoms with Gasteiger partial charge in [-0.2, -0.15) is 0 Å². The third kappa shape index (κ3) is 1.74. The zero-order valence-electron chi connectivity index (χ0n) is 8.04. The van der Waals surface area contributed by atoms with E-state index in [0.29, 0.717) is 21.5 Å². The molecule has 0 radical (unpaired) electrons. The van der Waals surface area contributed by atoms with Crippen LogP contribution in [0.5, 0.6) is 0 Å². The van der Waals surface area contributed by atoms with Crippen LogP contribution in [0.25, 0.3) is 11.3 Å². The van der Waals surface area contributed by atoms with Gasteiger partial charge in [-0.15, -0.1) is 0 Å². The number of aromatic nitrogens is 2. The van der Waals surface area contributed by atoms with E-state index in [0.717, 1.165) is 0 Å². The minimum atomic E-state index is -0.338. The molecule has 2 N–H and O–H groups in total. The van der Waals surface area contributed by atoms with Gasteiger partial charge in [0.15, 0.2) is 0 Å². The number of anilines is 1. The summed E-state index contributed by atoms with van der Waals surface area (Å²) in [6.45, 7) is 0. The van der Waals surface area contributed by atoms with Gasteiger partial charge in [0.05, 0.1) is 6.33 Å². The molecule has 1 aromatic heterocycles. The Balaban J connectivity index is 2.59. The van der Waals surface area contributed by atoms with Crippen LogP contribution in [0.15, 0.2) is 29.0 Å². The SMILES string of the molecule is Cn1cnc(-c2ccc(Br)cc2F)c1N. The molecule has 0 atom stereocenters. The Morgan fingerprint density at radius 3 is 2.73 bits per heavy atom. The smallest absolute Gasteiger partial charge is 0.133 e. The molecule has 15 heavy (non-hydrogen) atoms. The Morgan fingerprint density at radius 2 is 2.20 bits per heavy atom. The fraction of sp³-hybridized carbons (Fsp3) is 0.100. The number of halogens is 2. The average molecular weight is 270 g/mol. The summed E-state index contributed by atoms with van der Waals surface area (Å²) in [4.78, 5) is 4.06. The lowest BCUT2D eigenvalue weighted by molar-refractivity contribution is 0.630. The predicted octanol–water partition coefficient (Wildman–Crippen LogP) is 2.57. The molecule has 1 heterocycles. The second kappa shape index (κ2) is 3.66. The van der Waals surface area contributed by atoms with Crippen LogP contribution >= 0.6 is 15.9 Å². The topological polar surface area (TPSA) is 43.8 Å². The number of nitrogen functional groups attached to an aromatic ring is 1. The molecule has 0 aliphatic rings. The van der Waals surface area contributed by atoms with Gasteiger partial charge >= 0.3 is 0 Å². The highest BCUT2D eigenvalue weighted by Gasteiger charge is 2.12. The molecule has 0 saturated carbocycles.